The predicted molar refractivity (Wildman–Crippen MR) is 89.5 cm³/mol. The van der Waals surface area contributed by atoms with Crippen molar-refractivity contribution in [3.8, 4) is 0 Å². The van der Waals surface area contributed by atoms with Crippen LogP contribution in [0.3, 0.4) is 0 Å². The zero-order chi connectivity index (χ0) is 17.0. The molecule has 1 aromatic carbocycles. The predicted octanol–water partition coefficient (Wildman–Crippen LogP) is 3.75. The molecule has 2 aromatic rings. The Labute approximate surface area is 145 Å². The van der Waals surface area contributed by atoms with Gasteiger partial charge in [-0.1, -0.05) is 11.6 Å². The highest BCUT2D eigenvalue weighted by molar-refractivity contribution is 9.10. The summed E-state index contributed by atoms with van der Waals surface area (Å²) < 4.78 is 18.4. The number of aromatic nitrogens is 2. The fourth-order valence-electron chi connectivity index (χ4n) is 1.67. The summed E-state index contributed by atoms with van der Waals surface area (Å²) in [5.41, 5.74) is 0.533. The van der Waals surface area contributed by atoms with Crippen molar-refractivity contribution in [1.29, 1.82) is 0 Å². The minimum absolute atomic E-state index is 0.00947. The second-order valence-corrected chi connectivity index (χ2v) is 5.79. The molecule has 0 aliphatic heterocycles. The van der Waals surface area contributed by atoms with E-state index in [2.05, 4.69) is 41.3 Å². The third-order valence-corrected chi connectivity index (χ3v) is 3.70. The first-order chi connectivity index (χ1) is 10.9. The maximum Gasteiger partial charge on any atom is 0.328 e. The van der Waals surface area contributed by atoms with Crippen LogP contribution in [-0.4, -0.2) is 29.1 Å². The monoisotopic (exact) mass is 402 g/mol. The van der Waals surface area contributed by atoms with E-state index in [9.17, 15) is 9.18 Å². The number of nitrogens with zero attached hydrogens (tertiary/aromatic N) is 2. The summed E-state index contributed by atoms with van der Waals surface area (Å²) in [4.78, 5) is 19.8. The Hall–Kier alpha value is -1.93. The van der Waals surface area contributed by atoms with Gasteiger partial charge in [-0.2, -0.15) is 4.98 Å². The van der Waals surface area contributed by atoms with Gasteiger partial charge in [0, 0.05) is 11.9 Å². The molecule has 2 N–H and O–H groups in total. The zero-order valence-electron chi connectivity index (χ0n) is 12.2. The molecule has 0 aliphatic rings. The average molecular weight is 404 g/mol. The fraction of sp³-hybridized carbons (Fsp3) is 0.214. The molecule has 0 bridgehead atoms. The van der Waals surface area contributed by atoms with Crippen LogP contribution in [0.5, 0.6) is 0 Å². The molecule has 0 aliphatic carbocycles. The third kappa shape index (κ3) is 4.52. The number of rotatable bonds is 5. The lowest BCUT2D eigenvalue weighted by Gasteiger charge is -2.14. The van der Waals surface area contributed by atoms with Crippen LogP contribution in [0.4, 0.5) is 21.8 Å². The highest BCUT2D eigenvalue weighted by Crippen LogP contribution is 2.24. The first-order valence-corrected chi connectivity index (χ1v) is 7.66. The van der Waals surface area contributed by atoms with Gasteiger partial charge in [-0.05, 0) is 41.1 Å². The minimum atomic E-state index is -0.584. The van der Waals surface area contributed by atoms with Crippen molar-refractivity contribution in [2.75, 3.05) is 17.7 Å². The van der Waals surface area contributed by atoms with Gasteiger partial charge in [0.2, 0.25) is 5.95 Å². The van der Waals surface area contributed by atoms with Gasteiger partial charge in [-0.25, -0.2) is 14.2 Å². The van der Waals surface area contributed by atoms with Crippen LogP contribution in [-0.2, 0) is 9.53 Å². The van der Waals surface area contributed by atoms with Crippen LogP contribution in [0.1, 0.15) is 6.92 Å². The Morgan fingerprint density at radius 2 is 2.22 bits per heavy atom. The molecular weight excluding hydrogens is 391 g/mol. The maximum absolute atomic E-state index is 13.2. The number of carbonyl (C=O) groups excluding carboxylic acids is 1. The van der Waals surface area contributed by atoms with E-state index in [0.29, 0.717) is 16.0 Å². The fourth-order valence-corrected chi connectivity index (χ4v) is 2.16. The number of methoxy groups -OCH3 is 1. The zero-order valence-corrected chi connectivity index (χ0v) is 14.6. The lowest BCUT2D eigenvalue weighted by molar-refractivity contribution is -0.141. The Morgan fingerprint density at radius 1 is 1.48 bits per heavy atom. The molecule has 122 valence electrons. The van der Waals surface area contributed by atoms with Crippen molar-refractivity contribution in [3.05, 3.63) is 39.7 Å². The van der Waals surface area contributed by atoms with Gasteiger partial charge in [-0.3, -0.25) is 0 Å². The molecule has 0 fully saturated rings. The summed E-state index contributed by atoms with van der Waals surface area (Å²) in [6.45, 7) is 1.65. The third-order valence-electron chi connectivity index (χ3n) is 2.83. The van der Waals surface area contributed by atoms with E-state index < -0.39 is 17.8 Å². The van der Waals surface area contributed by atoms with Crippen molar-refractivity contribution in [2.24, 2.45) is 0 Å². The van der Waals surface area contributed by atoms with E-state index in [1.54, 1.807) is 6.92 Å². The topological polar surface area (TPSA) is 76.1 Å². The van der Waals surface area contributed by atoms with Crippen LogP contribution < -0.4 is 10.6 Å². The summed E-state index contributed by atoms with van der Waals surface area (Å²) in [7, 11) is 1.31. The molecule has 9 heteroatoms. The molecule has 0 saturated heterocycles. The SMILES string of the molecule is COC(=O)C(C)Nc1nc(Nc2ccc(F)c(Cl)c2)ncc1Br. The van der Waals surface area contributed by atoms with Crippen LogP contribution in [0.25, 0.3) is 0 Å². The quantitative estimate of drug-likeness (QED) is 0.741. The van der Waals surface area contributed by atoms with Gasteiger partial charge in [0.15, 0.2) is 0 Å². The molecule has 0 spiro atoms. The van der Waals surface area contributed by atoms with Crippen LogP contribution in [0, 0.1) is 5.82 Å². The molecule has 1 atom stereocenters. The van der Waals surface area contributed by atoms with E-state index >= 15 is 0 Å². The summed E-state index contributed by atoms with van der Waals surface area (Å²) in [5.74, 6) is -0.261. The molecule has 1 heterocycles. The number of nitrogens with one attached hydrogen (secondary N) is 2. The molecule has 1 aromatic heterocycles. The largest absolute Gasteiger partial charge is 0.467 e. The number of hydrogen-bond donors (Lipinski definition) is 2. The van der Waals surface area contributed by atoms with Crippen molar-refractivity contribution in [1.82, 2.24) is 9.97 Å². The van der Waals surface area contributed by atoms with E-state index in [-0.39, 0.29) is 11.0 Å². The van der Waals surface area contributed by atoms with E-state index in [0.717, 1.165) is 0 Å². The molecule has 0 amide bonds. The van der Waals surface area contributed by atoms with Gasteiger partial charge in [-0.15, -0.1) is 0 Å². The minimum Gasteiger partial charge on any atom is -0.467 e. The second-order valence-electron chi connectivity index (χ2n) is 4.53. The van der Waals surface area contributed by atoms with Crippen LogP contribution in [0.2, 0.25) is 5.02 Å². The number of esters is 1. The lowest BCUT2D eigenvalue weighted by atomic mass is 10.3. The van der Waals surface area contributed by atoms with Gasteiger partial charge < -0.3 is 15.4 Å². The van der Waals surface area contributed by atoms with Crippen LogP contribution >= 0.6 is 27.5 Å². The summed E-state index contributed by atoms with van der Waals surface area (Å²) >= 11 is 9.03. The van der Waals surface area contributed by atoms with E-state index in [4.69, 9.17) is 11.6 Å². The normalized spacial score (nSPS) is 11.7. The number of hydrogen-bond acceptors (Lipinski definition) is 6. The Balaban J connectivity index is 2.19. The maximum atomic E-state index is 13.2. The molecule has 0 radical (unpaired) electrons. The van der Waals surface area contributed by atoms with Crippen molar-refractivity contribution in [3.63, 3.8) is 0 Å². The Kier molecular flexibility index (Phi) is 5.73. The lowest BCUT2D eigenvalue weighted by Crippen LogP contribution is -2.27. The van der Waals surface area contributed by atoms with Crippen molar-refractivity contribution in [2.45, 2.75) is 13.0 Å². The number of benzene rings is 1. The summed E-state index contributed by atoms with van der Waals surface area (Å²) in [5, 5.41) is 5.81. The Bertz CT molecular complexity index is 732. The van der Waals surface area contributed by atoms with E-state index in [1.807, 2.05) is 0 Å². The van der Waals surface area contributed by atoms with Gasteiger partial charge >= 0.3 is 5.97 Å². The van der Waals surface area contributed by atoms with Crippen molar-refractivity contribution < 1.29 is 13.9 Å². The smallest absolute Gasteiger partial charge is 0.328 e. The highest BCUT2D eigenvalue weighted by Gasteiger charge is 2.15. The number of carbonyl (C=O) groups is 1. The molecular formula is C14H13BrClFN4O2. The molecule has 6 nitrogen and oxygen atoms in total. The van der Waals surface area contributed by atoms with Gasteiger partial charge in [0.25, 0.3) is 0 Å². The first-order valence-electron chi connectivity index (χ1n) is 6.49. The second kappa shape index (κ2) is 7.56. The summed E-state index contributed by atoms with van der Waals surface area (Å²) in [6.07, 6.45) is 1.52. The Morgan fingerprint density at radius 3 is 2.87 bits per heavy atom. The number of ether oxygens (including phenoxy) is 1. The average Bonchev–Trinajstić information content (AvgIpc) is 2.53. The first kappa shape index (κ1) is 17.4. The number of halogens is 3. The number of anilines is 3. The molecule has 1 unspecified atom stereocenters. The van der Waals surface area contributed by atoms with Gasteiger partial charge in [0.1, 0.15) is 17.7 Å². The molecule has 2 rings (SSSR count). The molecule has 0 saturated carbocycles. The van der Waals surface area contributed by atoms with Crippen LogP contribution in [0.15, 0.2) is 28.9 Å². The standard InChI is InChI=1S/C14H13BrClFN4O2/c1-7(13(22)23-2)19-12-9(15)6-18-14(21-12)20-8-3-4-11(17)10(16)5-8/h3-7H,1-2H3,(H2,18,19,20,21). The molecule has 23 heavy (non-hydrogen) atoms. The summed E-state index contributed by atoms with van der Waals surface area (Å²) in [6, 6.07) is 3.59. The van der Waals surface area contributed by atoms with Gasteiger partial charge in [0.05, 0.1) is 16.6 Å². The highest BCUT2D eigenvalue weighted by atomic mass is 79.9. The van der Waals surface area contributed by atoms with Crippen molar-refractivity contribution >= 4 is 51.0 Å². The van der Waals surface area contributed by atoms with E-state index in [1.165, 1.54) is 31.5 Å².